The van der Waals surface area contributed by atoms with Crippen molar-refractivity contribution >= 4 is 79.7 Å². The first-order valence-corrected chi connectivity index (χ1v) is 15.2. The molecule has 6 atom stereocenters. The first-order valence-electron chi connectivity index (χ1n) is 11.9. The third kappa shape index (κ3) is 18.7. The number of nitrogens with one attached hydrogen (secondary N) is 4. The normalized spacial score (nSPS) is 15.0. The largest absolute Gasteiger partial charge is 0.772 e. The third-order valence-electron chi connectivity index (χ3n) is 4.95. The van der Waals surface area contributed by atoms with E-state index in [4.69, 9.17) is 21.7 Å². The summed E-state index contributed by atoms with van der Waals surface area (Å²) in [4.78, 5) is 94.0. The number of nitrogens with two attached hydrogens (primary N) is 2. The molecule has 4 amide bonds. The summed E-state index contributed by atoms with van der Waals surface area (Å²) in [5.41, 5.74) is 10.5. The van der Waals surface area contributed by atoms with E-state index >= 15 is 0 Å². The monoisotopic (exact) mass is 674 g/mol. The second-order valence-corrected chi connectivity index (χ2v) is 11.4. The van der Waals surface area contributed by atoms with E-state index in [0.717, 1.165) is 0 Å². The van der Waals surface area contributed by atoms with Crippen molar-refractivity contribution in [3.63, 3.8) is 0 Å². The van der Waals surface area contributed by atoms with Crippen LogP contribution in [0, 0.1) is 0 Å². The molecule has 6 unspecified atom stereocenters. The van der Waals surface area contributed by atoms with Crippen LogP contribution in [0.15, 0.2) is 0 Å². The van der Waals surface area contributed by atoms with Crippen molar-refractivity contribution in [2.75, 3.05) is 24.6 Å². The summed E-state index contributed by atoms with van der Waals surface area (Å²) >= 11 is -5.62. The van der Waals surface area contributed by atoms with Crippen LogP contribution < -0.4 is 32.7 Å². The predicted molar refractivity (Wildman–Crippen MR) is 145 cm³/mol. The van der Waals surface area contributed by atoms with E-state index in [1.807, 2.05) is 10.6 Å². The molecular weight excluding hydrogens is 644 g/mol. The molecule has 0 bridgehead atoms. The standard InChI is InChI=1S/C20H32N6O14S3/c21-9(19(33)34)1-3-13(27)25-11(7-42(37)38)17(31)23-5-15(29)41-16(30)6-24-18(32)12(8-43(39)40)26-14(28)4-2-10(22)20(35)36/h9-12H,1-8,21-22H2,(H,23,31)(H,24,32)(H,25,27)(H,26,28)(H,33,34)(H,35,36)(H,37,38)(H,39,40)/p-2. The van der Waals surface area contributed by atoms with E-state index in [-0.39, 0.29) is 24.6 Å². The van der Waals surface area contributed by atoms with Crippen molar-refractivity contribution in [3.05, 3.63) is 0 Å². The number of rotatable bonds is 20. The van der Waals surface area contributed by atoms with Gasteiger partial charge in [0.25, 0.3) is 0 Å². The zero-order valence-corrected chi connectivity index (χ0v) is 24.6. The van der Waals surface area contributed by atoms with Crippen LogP contribution in [-0.4, -0.2) is 122 Å². The molecule has 0 aromatic rings. The topological polar surface area (TPSA) is 357 Å². The molecule has 43 heavy (non-hydrogen) atoms. The molecule has 0 aromatic heterocycles. The van der Waals surface area contributed by atoms with E-state index in [1.54, 1.807) is 0 Å². The second-order valence-electron chi connectivity index (χ2n) is 8.43. The molecule has 10 N–H and O–H groups in total. The number of hydrogen-bond acceptors (Lipinski definition) is 15. The van der Waals surface area contributed by atoms with Crippen molar-refractivity contribution < 1.29 is 66.1 Å². The van der Waals surface area contributed by atoms with Gasteiger partial charge in [0.05, 0.1) is 13.1 Å². The van der Waals surface area contributed by atoms with Gasteiger partial charge in [0, 0.05) is 24.3 Å². The Morgan fingerprint density at radius 2 is 1.00 bits per heavy atom. The summed E-state index contributed by atoms with van der Waals surface area (Å²) in [5.74, 6) is -8.59. The summed E-state index contributed by atoms with van der Waals surface area (Å²) < 4.78 is 44.2. The summed E-state index contributed by atoms with van der Waals surface area (Å²) in [5, 5.41) is 23.7. The molecule has 0 aliphatic rings. The second kappa shape index (κ2) is 20.5. The Morgan fingerprint density at radius 3 is 1.28 bits per heavy atom. The van der Waals surface area contributed by atoms with E-state index < -0.39 is 130 Å². The molecule has 0 aliphatic carbocycles. The molecule has 0 rings (SSSR count). The Hall–Kier alpha value is -3.35. The first-order chi connectivity index (χ1) is 19.9. The Morgan fingerprint density at radius 1 is 0.674 bits per heavy atom. The highest BCUT2D eigenvalue weighted by Gasteiger charge is 2.25. The minimum absolute atomic E-state index is 0.0262. The smallest absolute Gasteiger partial charge is 0.320 e. The number of carbonyl (C=O) groups excluding carboxylic acids is 6. The Balaban J connectivity index is 4.85. The fourth-order valence-electron chi connectivity index (χ4n) is 2.76. The van der Waals surface area contributed by atoms with Gasteiger partial charge in [0.15, 0.2) is 0 Å². The lowest BCUT2D eigenvalue weighted by atomic mass is 10.1. The van der Waals surface area contributed by atoms with Gasteiger partial charge in [-0.3, -0.25) is 46.8 Å². The average molecular weight is 675 g/mol. The molecule has 0 aliphatic heterocycles. The van der Waals surface area contributed by atoms with Crippen LogP contribution >= 0.6 is 11.8 Å². The molecule has 20 nitrogen and oxygen atoms in total. The van der Waals surface area contributed by atoms with Gasteiger partial charge in [0.2, 0.25) is 33.9 Å². The maximum Gasteiger partial charge on any atom is 0.320 e. The van der Waals surface area contributed by atoms with Gasteiger partial charge in [-0.1, -0.05) is 22.2 Å². The minimum atomic E-state index is -2.82. The van der Waals surface area contributed by atoms with Crippen LogP contribution in [-0.2, 0) is 60.5 Å². The van der Waals surface area contributed by atoms with Crippen LogP contribution in [0.3, 0.4) is 0 Å². The summed E-state index contributed by atoms with van der Waals surface area (Å²) in [6.45, 7) is -1.64. The predicted octanol–water partition coefficient (Wildman–Crippen LogP) is -5.88. The average Bonchev–Trinajstić information content (AvgIpc) is 2.90. The van der Waals surface area contributed by atoms with E-state index in [0.29, 0.717) is 0 Å². The minimum Gasteiger partial charge on any atom is -0.772 e. The molecule has 0 heterocycles. The van der Waals surface area contributed by atoms with Crippen LogP contribution in [0.5, 0.6) is 0 Å². The van der Waals surface area contributed by atoms with Crippen LogP contribution in [0.1, 0.15) is 25.7 Å². The Kier molecular flexibility index (Phi) is 18.9. The molecule has 0 aromatic carbocycles. The fraction of sp³-hybridized carbons (Fsp3) is 0.600. The maximum absolute atomic E-state index is 12.3. The number of carboxylic acids is 2. The van der Waals surface area contributed by atoms with Crippen molar-refractivity contribution in [1.29, 1.82) is 0 Å². The SMILES string of the molecule is NC(CCC(=O)NC(CS(=O)[O-])C(=O)NCC(=O)SC(=O)CNC(=O)C(CS(=O)[O-])NC(=O)CCC(N)C(=O)O)C(=O)O. The van der Waals surface area contributed by atoms with Gasteiger partial charge in [-0.2, -0.15) is 0 Å². The van der Waals surface area contributed by atoms with Crippen molar-refractivity contribution in [3.8, 4) is 0 Å². The van der Waals surface area contributed by atoms with Crippen LogP contribution in [0.25, 0.3) is 0 Å². The number of hydrogen-bond donors (Lipinski definition) is 8. The van der Waals surface area contributed by atoms with Crippen molar-refractivity contribution in [1.82, 2.24) is 21.3 Å². The zero-order valence-electron chi connectivity index (χ0n) is 22.1. The highest BCUT2D eigenvalue weighted by Crippen LogP contribution is 2.04. The molecule has 0 radical (unpaired) electrons. The Bertz CT molecular complexity index is 1040. The number of carboxylic acid groups (broad SMARTS) is 2. The van der Waals surface area contributed by atoms with Crippen LogP contribution in [0.4, 0.5) is 0 Å². The van der Waals surface area contributed by atoms with Gasteiger partial charge < -0.3 is 52.1 Å². The van der Waals surface area contributed by atoms with E-state index in [1.165, 1.54) is 0 Å². The molecule has 244 valence electrons. The fourth-order valence-corrected chi connectivity index (χ4v) is 4.31. The zero-order chi connectivity index (χ0) is 33.3. The van der Waals surface area contributed by atoms with Crippen LogP contribution in [0.2, 0.25) is 0 Å². The number of aliphatic carboxylic acids is 2. The lowest BCUT2D eigenvalue weighted by Gasteiger charge is -2.20. The molecule has 23 heteroatoms. The van der Waals surface area contributed by atoms with Gasteiger partial charge >= 0.3 is 11.9 Å². The lowest BCUT2D eigenvalue weighted by molar-refractivity contribution is -0.140. The maximum atomic E-state index is 12.3. The quantitative estimate of drug-likeness (QED) is 0.0557. The molecule has 0 fully saturated rings. The third-order valence-corrected chi connectivity index (χ3v) is 6.90. The van der Waals surface area contributed by atoms with Crippen molar-refractivity contribution in [2.24, 2.45) is 11.5 Å². The molecule has 0 spiro atoms. The van der Waals surface area contributed by atoms with E-state index in [2.05, 4.69) is 10.6 Å². The lowest BCUT2D eigenvalue weighted by Crippen LogP contribution is -2.51. The first kappa shape index (κ1) is 39.6. The number of carbonyl (C=O) groups is 8. The van der Waals surface area contributed by atoms with E-state index in [9.17, 15) is 55.9 Å². The van der Waals surface area contributed by atoms with Gasteiger partial charge in [0.1, 0.15) is 24.2 Å². The number of thioether (sulfide) groups is 1. The van der Waals surface area contributed by atoms with Gasteiger partial charge in [-0.25, -0.2) is 0 Å². The highest BCUT2D eigenvalue weighted by atomic mass is 32.2. The summed E-state index contributed by atoms with van der Waals surface area (Å²) in [6, 6.07) is -6.09. The molecule has 0 saturated heterocycles. The van der Waals surface area contributed by atoms with Gasteiger partial charge in [-0.15, -0.1) is 0 Å². The Labute approximate surface area is 252 Å². The molecule has 0 saturated carbocycles. The van der Waals surface area contributed by atoms with Gasteiger partial charge in [-0.05, 0) is 24.6 Å². The highest BCUT2D eigenvalue weighted by molar-refractivity contribution is 8.26. The summed E-state index contributed by atoms with van der Waals surface area (Å²) in [7, 11) is 0. The summed E-state index contributed by atoms with van der Waals surface area (Å²) in [6.07, 6.45) is -1.53. The molecular formula is C20H30N6O14S3-2. The number of amides is 4. The van der Waals surface area contributed by atoms with Crippen molar-refractivity contribution in [2.45, 2.75) is 49.9 Å².